The average molecular weight is 329 g/mol. The van der Waals surface area contributed by atoms with E-state index in [1.54, 1.807) is 0 Å². The van der Waals surface area contributed by atoms with Crippen LogP contribution in [0.5, 0.6) is 0 Å². The van der Waals surface area contributed by atoms with E-state index in [2.05, 4.69) is 91.9 Å². The van der Waals surface area contributed by atoms with Crippen molar-refractivity contribution in [1.82, 2.24) is 5.06 Å². The summed E-state index contributed by atoms with van der Waals surface area (Å²) in [6.45, 7) is 2.12. The van der Waals surface area contributed by atoms with Crippen LogP contribution in [0.1, 0.15) is 34.7 Å². The minimum atomic E-state index is -0.452. The zero-order valence-electron chi connectivity index (χ0n) is 14.7. The Morgan fingerprint density at radius 1 is 0.800 bits per heavy atom. The molecule has 1 aliphatic rings. The first-order valence-electron chi connectivity index (χ1n) is 8.79. The second kappa shape index (κ2) is 6.47. The van der Waals surface area contributed by atoms with Crippen LogP contribution in [-0.4, -0.2) is 12.1 Å². The maximum Gasteiger partial charge on any atom is 0.142 e. The number of rotatable bonds is 3. The van der Waals surface area contributed by atoms with Gasteiger partial charge in [-0.3, -0.25) is 4.84 Å². The fraction of sp³-hybridized carbons (Fsp3) is 0.217. The molecule has 0 N–H and O–H groups in total. The highest BCUT2D eigenvalue weighted by Crippen LogP contribution is 2.49. The third-order valence-corrected chi connectivity index (χ3v) is 5.16. The minimum Gasteiger partial charge on any atom is -0.282 e. The molecule has 1 fully saturated rings. The predicted octanol–water partition coefficient (Wildman–Crippen LogP) is 5.25. The molecule has 2 nitrogen and oxygen atoms in total. The summed E-state index contributed by atoms with van der Waals surface area (Å²) in [6, 6.07) is 30.1. The average Bonchev–Trinajstić information content (AvgIpc) is 3.02. The molecule has 0 aromatic heterocycles. The SMILES string of the molecule is Cc1ccc(C2CC(c3ccccc3)(c3ccccc3)ON2C)cc1. The number of benzene rings is 3. The third kappa shape index (κ3) is 2.88. The molecule has 0 radical (unpaired) electrons. The molecule has 0 saturated carbocycles. The van der Waals surface area contributed by atoms with Gasteiger partial charge in [0.05, 0.1) is 6.04 Å². The molecule has 126 valence electrons. The van der Waals surface area contributed by atoms with Crippen molar-refractivity contribution >= 4 is 0 Å². The van der Waals surface area contributed by atoms with Gasteiger partial charge in [-0.15, -0.1) is 0 Å². The third-order valence-electron chi connectivity index (χ3n) is 5.16. The first-order valence-corrected chi connectivity index (χ1v) is 8.79. The van der Waals surface area contributed by atoms with Crippen molar-refractivity contribution in [3.05, 3.63) is 107 Å². The maximum atomic E-state index is 6.55. The Morgan fingerprint density at radius 3 is 1.84 bits per heavy atom. The van der Waals surface area contributed by atoms with Gasteiger partial charge in [0.15, 0.2) is 0 Å². The highest BCUT2D eigenvalue weighted by atomic mass is 16.7. The Hall–Kier alpha value is -2.42. The van der Waals surface area contributed by atoms with Crippen molar-refractivity contribution in [3.63, 3.8) is 0 Å². The van der Waals surface area contributed by atoms with Gasteiger partial charge in [0.25, 0.3) is 0 Å². The maximum absolute atomic E-state index is 6.55. The molecule has 1 unspecified atom stereocenters. The molecule has 1 heterocycles. The van der Waals surface area contributed by atoms with Crippen LogP contribution in [0, 0.1) is 6.92 Å². The number of hydrogen-bond donors (Lipinski definition) is 0. The molecule has 2 heteroatoms. The molecule has 0 spiro atoms. The van der Waals surface area contributed by atoms with E-state index in [4.69, 9.17) is 4.84 Å². The van der Waals surface area contributed by atoms with Crippen molar-refractivity contribution in [2.24, 2.45) is 0 Å². The second-order valence-corrected chi connectivity index (χ2v) is 6.83. The molecular weight excluding hydrogens is 306 g/mol. The number of aryl methyl sites for hydroxylation is 1. The van der Waals surface area contributed by atoms with Crippen LogP contribution in [0.4, 0.5) is 0 Å². The van der Waals surface area contributed by atoms with E-state index in [1.807, 2.05) is 12.1 Å². The number of hydroxylamine groups is 2. The molecular formula is C23H23NO. The normalized spacial score (nSPS) is 19.8. The summed E-state index contributed by atoms with van der Waals surface area (Å²) in [5, 5.41) is 2.02. The van der Waals surface area contributed by atoms with Crippen molar-refractivity contribution < 1.29 is 4.84 Å². The van der Waals surface area contributed by atoms with Gasteiger partial charge in [0, 0.05) is 13.5 Å². The molecule has 3 aromatic rings. The van der Waals surface area contributed by atoms with Crippen LogP contribution < -0.4 is 0 Å². The first kappa shape index (κ1) is 16.1. The Labute approximate surface area is 149 Å². The molecule has 1 saturated heterocycles. The fourth-order valence-corrected chi connectivity index (χ4v) is 3.79. The fourth-order valence-electron chi connectivity index (χ4n) is 3.79. The number of hydrogen-bond acceptors (Lipinski definition) is 2. The quantitative estimate of drug-likeness (QED) is 0.651. The molecule has 3 aromatic carbocycles. The Bertz CT molecular complexity index is 787. The monoisotopic (exact) mass is 329 g/mol. The van der Waals surface area contributed by atoms with Crippen LogP contribution in [0.25, 0.3) is 0 Å². The van der Waals surface area contributed by atoms with E-state index in [9.17, 15) is 0 Å². The lowest BCUT2D eigenvalue weighted by molar-refractivity contribution is -0.179. The molecule has 4 rings (SSSR count). The van der Waals surface area contributed by atoms with Crippen LogP contribution in [0.3, 0.4) is 0 Å². The highest BCUT2D eigenvalue weighted by Gasteiger charge is 2.47. The lowest BCUT2D eigenvalue weighted by atomic mass is 9.81. The molecule has 1 atom stereocenters. The van der Waals surface area contributed by atoms with Crippen molar-refractivity contribution in [1.29, 1.82) is 0 Å². The van der Waals surface area contributed by atoms with Gasteiger partial charge in [-0.1, -0.05) is 90.5 Å². The highest BCUT2D eigenvalue weighted by molar-refractivity contribution is 5.39. The Balaban J connectivity index is 1.79. The van der Waals surface area contributed by atoms with Gasteiger partial charge in [0.2, 0.25) is 0 Å². The van der Waals surface area contributed by atoms with Gasteiger partial charge in [0.1, 0.15) is 5.60 Å². The summed E-state index contributed by atoms with van der Waals surface area (Å²) in [4.78, 5) is 6.55. The zero-order valence-corrected chi connectivity index (χ0v) is 14.7. The predicted molar refractivity (Wildman–Crippen MR) is 101 cm³/mol. The van der Waals surface area contributed by atoms with E-state index in [0.717, 1.165) is 6.42 Å². The van der Waals surface area contributed by atoms with Gasteiger partial charge >= 0.3 is 0 Å². The molecule has 25 heavy (non-hydrogen) atoms. The minimum absolute atomic E-state index is 0.223. The standard InChI is InChI=1S/C23H23NO/c1-18-13-15-19(16-14-18)22-17-23(25-24(22)2,20-9-5-3-6-10-20)21-11-7-4-8-12-21/h3-16,22H,17H2,1-2H3. The topological polar surface area (TPSA) is 12.5 Å². The molecule has 0 aliphatic carbocycles. The largest absolute Gasteiger partial charge is 0.282 e. The summed E-state index contributed by atoms with van der Waals surface area (Å²) in [6.07, 6.45) is 0.889. The second-order valence-electron chi connectivity index (χ2n) is 6.83. The van der Waals surface area contributed by atoms with Gasteiger partial charge < -0.3 is 0 Å². The van der Waals surface area contributed by atoms with E-state index >= 15 is 0 Å². The van der Waals surface area contributed by atoms with E-state index < -0.39 is 5.60 Å². The lowest BCUT2D eigenvalue weighted by Gasteiger charge is -2.29. The summed E-state index contributed by atoms with van der Waals surface area (Å²) >= 11 is 0. The molecule has 0 amide bonds. The van der Waals surface area contributed by atoms with Gasteiger partial charge in [-0.05, 0) is 23.6 Å². The van der Waals surface area contributed by atoms with E-state index in [0.29, 0.717) is 0 Å². The molecule has 0 bridgehead atoms. The van der Waals surface area contributed by atoms with Crippen LogP contribution in [-0.2, 0) is 10.4 Å². The Kier molecular flexibility index (Phi) is 4.16. The van der Waals surface area contributed by atoms with Crippen molar-refractivity contribution in [3.8, 4) is 0 Å². The van der Waals surface area contributed by atoms with E-state index in [1.165, 1.54) is 22.3 Å². The zero-order chi connectivity index (χ0) is 17.3. The summed E-state index contributed by atoms with van der Waals surface area (Å²) < 4.78 is 0. The van der Waals surface area contributed by atoms with Gasteiger partial charge in [-0.25, -0.2) is 0 Å². The summed E-state index contributed by atoms with van der Waals surface area (Å²) in [7, 11) is 2.04. The van der Waals surface area contributed by atoms with Crippen LogP contribution in [0.15, 0.2) is 84.9 Å². The Morgan fingerprint density at radius 2 is 1.32 bits per heavy atom. The van der Waals surface area contributed by atoms with Crippen LogP contribution >= 0.6 is 0 Å². The summed E-state index contributed by atoms with van der Waals surface area (Å²) in [5.74, 6) is 0. The van der Waals surface area contributed by atoms with Crippen LogP contribution in [0.2, 0.25) is 0 Å². The smallest absolute Gasteiger partial charge is 0.142 e. The van der Waals surface area contributed by atoms with Gasteiger partial charge in [-0.2, -0.15) is 5.06 Å². The summed E-state index contributed by atoms with van der Waals surface area (Å²) in [5.41, 5.74) is 4.52. The van der Waals surface area contributed by atoms with E-state index in [-0.39, 0.29) is 6.04 Å². The first-order chi connectivity index (χ1) is 12.2. The number of nitrogens with zero attached hydrogens (tertiary/aromatic N) is 1. The van der Waals surface area contributed by atoms with Crippen molar-refractivity contribution in [2.45, 2.75) is 25.0 Å². The van der Waals surface area contributed by atoms with Crippen molar-refractivity contribution in [2.75, 3.05) is 7.05 Å². The molecule has 1 aliphatic heterocycles. The lowest BCUT2D eigenvalue weighted by Crippen LogP contribution is -2.28.